The summed E-state index contributed by atoms with van der Waals surface area (Å²) in [5, 5.41) is 0.685. The first-order valence-electron chi connectivity index (χ1n) is 3.15. The number of nitrogens with zero attached hydrogens (tertiary/aromatic N) is 2. The number of hydrogen-bond donors (Lipinski definition) is 0. The third-order valence-electron chi connectivity index (χ3n) is 1.40. The van der Waals surface area contributed by atoms with Gasteiger partial charge in [-0.3, -0.25) is 0 Å². The number of aromatic nitrogens is 2. The molecule has 53 valence electrons. The zero-order valence-corrected chi connectivity index (χ0v) is 6.34. The fourth-order valence-corrected chi connectivity index (χ4v) is 0.991. The van der Waals surface area contributed by atoms with Gasteiger partial charge < -0.3 is 0 Å². The molecule has 0 amide bonds. The van der Waals surface area contributed by atoms with Gasteiger partial charge >= 0.3 is 0 Å². The molecule has 0 N–H and O–H groups in total. The SMILES string of the molecule is Clc1ccc2n[c]nc-2cc1. The lowest BCUT2D eigenvalue weighted by Gasteiger charge is -1.81. The smallest absolute Gasteiger partial charge is 0.199 e. The van der Waals surface area contributed by atoms with Crippen molar-refractivity contribution in [2.45, 2.75) is 0 Å². The third-order valence-corrected chi connectivity index (χ3v) is 1.66. The molecule has 0 aromatic carbocycles. The lowest BCUT2D eigenvalue weighted by atomic mass is 10.3. The van der Waals surface area contributed by atoms with E-state index in [1.54, 1.807) is 12.1 Å². The first-order valence-corrected chi connectivity index (χ1v) is 3.53. The summed E-state index contributed by atoms with van der Waals surface area (Å²) in [7, 11) is 0. The molecule has 2 nitrogen and oxygen atoms in total. The molecule has 11 heavy (non-hydrogen) atoms. The second-order valence-corrected chi connectivity index (χ2v) is 2.58. The Balaban J connectivity index is 2.71. The van der Waals surface area contributed by atoms with Crippen molar-refractivity contribution in [1.82, 2.24) is 9.97 Å². The van der Waals surface area contributed by atoms with Gasteiger partial charge in [0, 0.05) is 5.02 Å². The first-order chi connectivity index (χ1) is 5.36. The number of imidazole rings is 1. The van der Waals surface area contributed by atoms with E-state index in [1.165, 1.54) is 0 Å². The van der Waals surface area contributed by atoms with Crippen LogP contribution < -0.4 is 0 Å². The average molecular weight is 164 g/mol. The van der Waals surface area contributed by atoms with Gasteiger partial charge in [-0.2, -0.15) is 0 Å². The molecule has 1 radical (unpaired) electrons. The molecule has 1 aliphatic carbocycles. The van der Waals surface area contributed by atoms with Crippen molar-refractivity contribution >= 4 is 11.6 Å². The maximum Gasteiger partial charge on any atom is 0.199 e. The number of rotatable bonds is 0. The second kappa shape index (κ2) is 2.47. The minimum atomic E-state index is 0.685. The molecule has 1 aliphatic heterocycles. The van der Waals surface area contributed by atoms with Crippen LogP contribution in [0.3, 0.4) is 0 Å². The zero-order valence-electron chi connectivity index (χ0n) is 5.58. The highest BCUT2D eigenvalue weighted by atomic mass is 35.5. The van der Waals surface area contributed by atoms with Gasteiger partial charge in [-0.25, -0.2) is 9.97 Å². The molecule has 0 aromatic heterocycles. The molecule has 0 bridgehead atoms. The van der Waals surface area contributed by atoms with E-state index in [0.717, 1.165) is 11.4 Å². The third kappa shape index (κ3) is 1.17. The summed E-state index contributed by atoms with van der Waals surface area (Å²) in [6, 6.07) is 7.21. The molecule has 0 spiro atoms. The van der Waals surface area contributed by atoms with Crippen molar-refractivity contribution in [3.8, 4) is 11.4 Å². The van der Waals surface area contributed by atoms with E-state index in [-0.39, 0.29) is 0 Å². The lowest BCUT2D eigenvalue weighted by Crippen LogP contribution is -1.67. The molecule has 3 heteroatoms. The Morgan fingerprint density at radius 2 is 1.55 bits per heavy atom. The van der Waals surface area contributed by atoms with Gasteiger partial charge in [0.1, 0.15) is 0 Å². The summed E-state index contributed by atoms with van der Waals surface area (Å²) in [6.07, 6.45) is 2.53. The monoisotopic (exact) mass is 163 g/mol. The standard InChI is InChI=1S/C8H4ClN2/c9-6-1-3-7-8(4-2-6)11-5-10-7/h1-4H. The highest BCUT2D eigenvalue weighted by Crippen LogP contribution is 2.16. The van der Waals surface area contributed by atoms with Gasteiger partial charge in [0.25, 0.3) is 0 Å². The zero-order chi connectivity index (χ0) is 7.68. The van der Waals surface area contributed by atoms with Crippen molar-refractivity contribution in [1.29, 1.82) is 0 Å². The molecule has 0 atom stereocenters. The van der Waals surface area contributed by atoms with Crippen LogP contribution in [0, 0.1) is 6.33 Å². The summed E-state index contributed by atoms with van der Waals surface area (Å²) >= 11 is 5.75. The minimum absolute atomic E-state index is 0.685. The molecule has 0 saturated heterocycles. The maximum absolute atomic E-state index is 5.75. The lowest BCUT2D eigenvalue weighted by molar-refractivity contribution is 1.31. The van der Waals surface area contributed by atoms with Gasteiger partial charge in [0.15, 0.2) is 6.33 Å². The maximum atomic E-state index is 5.75. The first kappa shape index (κ1) is 6.55. The van der Waals surface area contributed by atoms with E-state index in [1.807, 2.05) is 12.1 Å². The van der Waals surface area contributed by atoms with Crippen LogP contribution in [-0.4, -0.2) is 9.97 Å². The molecule has 2 aliphatic rings. The predicted molar refractivity (Wildman–Crippen MR) is 42.5 cm³/mol. The van der Waals surface area contributed by atoms with E-state index < -0.39 is 0 Å². The molecular weight excluding hydrogens is 160 g/mol. The Morgan fingerprint density at radius 1 is 1.00 bits per heavy atom. The van der Waals surface area contributed by atoms with Crippen molar-refractivity contribution in [2.24, 2.45) is 0 Å². The second-order valence-electron chi connectivity index (χ2n) is 2.15. The van der Waals surface area contributed by atoms with Crippen LogP contribution in [0.25, 0.3) is 11.4 Å². The summed E-state index contributed by atoms with van der Waals surface area (Å²) < 4.78 is 0. The van der Waals surface area contributed by atoms with Crippen LogP contribution in [-0.2, 0) is 0 Å². The number of fused-ring (bicyclic) bond motifs is 1. The molecule has 0 unspecified atom stereocenters. The van der Waals surface area contributed by atoms with E-state index in [0.29, 0.717) is 5.02 Å². The molecular formula is C8H4ClN2. The average Bonchev–Trinajstić information content (AvgIpc) is 2.38. The summed E-state index contributed by atoms with van der Waals surface area (Å²) in [5.41, 5.74) is 1.63. The molecule has 0 fully saturated rings. The van der Waals surface area contributed by atoms with E-state index in [4.69, 9.17) is 11.6 Å². The predicted octanol–water partition coefficient (Wildman–Crippen LogP) is 2.03. The fraction of sp³-hybridized carbons (Fsp3) is 0. The van der Waals surface area contributed by atoms with Crippen molar-refractivity contribution in [2.75, 3.05) is 0 Å². The Hall–Kier alpha value is -1.15. The van der Waals surface area contributed by atoms with Gasteiger partial charge in [-0.1, -0.05) is 11.6 Å². The van der Waals surface area contributed by atoms with Crippen LogP contribution in [0.5, 0.6) is 0 Å². The summed E-state index contributed by atoms with van der Waals surface area (Å²) in [5.74, 6) is 0. The topological polar surface area (TPSA) is 25.8 Å². The highest BCUT2D eigenvalue weighted by molar-refractivity contribution is 6.30. The summed E-state index contributed by atoms with van der Waals surface area (Å²) in [4.78, 5) is 7.81. The minimum Gasteiger partial charge on any atom is -0.224 e. The van der Waals surface area contributed by atoms with E-state index >= 15 is 0 Å². The largest absolute Gasteiger partial charge is 0.224 e. The fourth-order valence-electron chi connectivity index (χ4n) is 0.865. The normalized spacial score (nSPS) is 10.3. The van der Waals surface area contributed by atoms with Crippen molar-refractivity contribution < 1.29 is 0 Å². The van der Waals surface area contributed by atoms with Crippen LogP contribution in [0.15, 0.2) is 24.3 Å². The quantitative estimate of drug-likeness (QED) is 0.594. The Bertz CT molecular complexity index is 317. The molecule has 0 saturated carbocycles. The Kier molecular flexibility index (Phi) is 1.47. The van der Waals surface area contributed by atoms with Crippen LogP contribution >= 0.6 is 11.6 Å². The van der Waals surface area contributed by atoms with Crippen LogP contribution in [0.2, 0.25) is 5.02 Å². The Labute approximate surface area is 69.2 Å². The van der Waals surface area contributed by atoms with Gasteiger partial charge in [-0.15, -0.1) is 0 Å². The number of halogens is 1. The van der Waals surface area contributed by atoms with Gasteiger partial charge in [-0.05, 0) is 24.3 Å². The summed E-state index contributed by atoms with van der Waals surface area (Å²) in [6.45, 7) is 0. The van der Waals surface area contributed by atoms with Gasteiger partial charge in [0.05, 0.1) is 11.4 Å². The van der Waals surface area contributed by atoms with E-state index in [2.05, 4.69) is 16.3 Å². The molecule has 2 rings (SSSR count). The van der Waals surface area contributed by atoms with Crippen LogP contribution in [0.1, 0.15) is 0 Å². The number of hydrogen-bond acceptors (Lipinski definition) is 2. The van der Waals surface area contributed by atoms with E-state index in [9.17, 15) is 0 Å². The highest BCUT2D eigenvalue weighted by Gasteiger charge is 2.01. The van der Waals surface area contributed by atoms with Gasteiger partial charge in [0.2, 0.25) is 0 Å². The molecule has 0 aromatic rings. The molecule has 1 heterocycles. The Morgan fingerprint density at radius 3 is 2.09 bits per heavy atom. The van der Waals surface area contributed by atoms with Crippen molar-refractivity contribution in [3.63, 3.8) is 0 Å². The van der Waals surface area contributed by atoms with Crippen molar-refractivity contribution in [3.05, 3.63) is 35.6 Å². The van der Waals surface area contributed by atoms with Crippen LogP contribution in [0.4, 0.5) is 0 Å².